The lowest BCUT2D eigenvalue weighted by atomic mass is 9.98. The van der Waals surface area contributed by atoms with Gasteiger partial charge in [0.2, 0.25) is 11.9 Å². The molecule has 2 bridgehead atoms. The first-order chi connectivity index (χ1) is 14.2. The molecule has 4 aromatic rings. The molecule has 29 heavy (non-hydrogen) atoms. The maximum absolute atomic E-state index is 5.84. The van der Waals surface area contributed by atoms with Gasteiger partial charge in [0.1, 0.15) is 5.82 Å². The summed E-state index contributed by atoms with van der Waals surface area (Å²) < 4.78 is 8.39. The summed E-state index contributed by atoms with van der Waals surface area (Å²) in [4.78, 5) is 19.8. The highest BCUT2D eigenvalue weighted by Crippen LogP contribution is 2.30. The Hall–Kier alpha value is -2.72. The van der Waals surface area contributed by atoms with Crippen LogP contribution in [0.1, 0.15) is 18.7 Å². The molecule has 10 heteroatoms. The van der Waals surface area contributed by atoms with Gasteiger partial charge in [-0.15, -0.1) is 0 Å². The molecule has 2 atom stereocenters. The van der Waals surface area contributed by atoms with E-state index in [1.165, 1.54) is 0 Å². The maximum atomic E-state index is 5.84. The highest BCUT2D eigenvalue weighted by Gasteiger charge is 2.36. The molecule has 0 aliphatic carbocycles. The van der Waals surface area contributed by atoms with Crippen molar-refractivity contribution < 1.29 is 4.74 Å². The number of hydrogen-bond donors (Lipinski definition) is 2. The second kappa shape index (κ2) is 6.67. The van der Waals surface area contributed by atoms with E-state index in [2.05, 4.69) is 41.2 Å². The summed E-state index contributed by atoms with van der Waals surface area (Å²) in [6.07, 6.45) is 4.23. The van der Waals surface area contributed by atoms with Crippen LogP contribution in [0.2, 0.25) is 0 Å². The topological polar surface area (TPSA) is 96.3 Å². The number of morpholine rings is 1. The van der Waals surface area contributed by atoms with Gasteiger partial charge < -0.3 is 19.9 Å². The Labute approximate surface area is 174 Å². The number of ether oxygens (including phenoxy) is 1. The van der Waals surface area contributed by atoms with E-state index >= 15 is 0 Å². The number of nitrogens with zero attached hydrogens (tertiary/aromatic N) is 6. The highest BCUT2D eigenvalue weighted by atomic mass is 79.9. The Bertz CT molecular complexity index is 1160. The molecular weight excluding hydrogens is 436 g/mol. The summed E-state index contributed by atoms with van der Waals surface area (Å²) in [5.41, 5.74) is 2.71. The standard InChI is InChI=1S/C19H19BrN8O/c20-13-7-22-28-17(13)25-19(27-9-12-6-5-11(27)10-29-12)26-18(28)21-8-16-23-14-3-1-2-4-15(14)24-16/h1-4,7,11-12H,5-6,8-10H2,(H,23,24)(H,21,25,26)/t11-,12-/m1/s1. The minimum Gasteiger partial charge on any atom is -0.374 e. The van der Waals surface area contributed by atoms with Crippen molar-refractivity contribution in [2.45, 2.75) is 31.5 Å². The Morgan fingerprint density at radius 2 is 2.14 bits per heavy atom. The van der Waals surface area contributed by atoms with Crippen molar-refractivity contribution in [1.82, 2.24) is 29.5 Å². The average Bonchev–Trinajstić information content (AvgIpc) is 3.36. The molecular formula is C19H19BrN8O. The predicted octanol–water partition coefficient (Wildman–Crippen LogP) is 2.74. The van der Waals surface area contributed by atoms with Crippen molar-refractivity contribution in [1.29, 1.82) is 0 Å². The molecule has 3 fully saturated rings. The quantitative estimate of drug-likeness (QED) is 0.489. The first-order valence-electron chi connectivity index (χ1n) is 9.71. The van der Waals surface area contributed by atoms with Gasteiger partial charge in [-0.1, -0.05) is 12.1 Å². The van der Waals surface area contributed by atoms with E-state index < -0.39 is 0 Å². The maximum Gasteiger partial charge on any atom is 0.231 e. The number of benzene rings is 1. The summed E-state index contributed by atoms with van der Waals surface area (Å²) in [5.74, 6) is 2.19. The van der Waals surface area contributed by atoms with Crippen molar-refractivity contribution in [3.63, 3.8) is 0 Å². The summed E-state index contributed by atoms with van der Waals surface area (Å²) >= 11 is 3.56. The van der Waals surface area contributed by atoms with Crippen LogP contribution in [-0.2, 0) is 11.3 Å². The largest absolute Gasteiger partial charge is 0.374 e. The molecule has 1 aromatic carbocycles. The van der Waals surface area contributed by atoms with Crippen molar-refractivity contribution >= 4 is 44.5 Å². The third kappa shape index (κ3) is 2.94. The van der Waals surface area contributed by atoms with Gasteiger partial charge in [-0.2, -0.15) is 19.6 Å². The lowest BCUT2D eigenvalue weighted by Gasteiger charge is -2.45. The van der Waals surface area contributed by atoms with Crippen molar-refractivity contribution in [2.24, 2.45) is 0 Å². The molecule has 0 unspecified atom stereocenters. The number of halogens is 1. The van der Waals surface area contributed by atoms with E-state index in [9.17, 15) is 0 Å². The number of aromatic nitrogens is 6. The molecule has 7 rings (SSSR count). The molecule has 0 saturated carbocycles. The fourth-order valence-corrected chi connectivity index (χ4v) is 4.48. The Balaban J connectivity index is 1.34. The van der Waals surface area contributed by atoms with Crippen LogP contribution in [0.4, 0.5) is 11.9 Å². The number of nitrogens with one attached hydrogen (secondary N) is 2. The number of H-pyrrole nitrogens is 1. The van der Waals surface area contributed by atoms with E-state index in [4.69, 9.17) is 14.7 Å². The van der Waals surface area contributed by atoms with E-state index in [0.717, 1.165) is 53.0 Å². The number of piperidine rings is 1. The first kappa shape index (κ1) is 17.2. The molecule has 3 aliphatic heterocycles. The van der Waals surface area contributed by atoms with Crippen LogP contribution in [0.3, 0.4) is 0 Å². The third-order valence-electron chi connectivity index (χ3n) is 5.61. The normalized spacial score (nSPS) is 21.3. The highest BCUT2D eigenvalue weighted by molar-refractivity contribution is 9.10. The Kier molecular flexibility index (Phi) is 3.95. The van der Waals surface area contributed by atoms with Crippen LogP contribution < -0.4 is 10.2 Å². The molecule has 3 saturated heterocycles. The number of imidazole rings is 1. The number of para-hydroxylation sites is 2. The lowest BCUT2D eigenvalue weighted by molar-refractivity contribution is -0.0232. The van der Waals surface area contributed by atoms with E-state index in [0.29, 0.717) is 24.5 Å². The predicted molar refractivity (Wildman–Crippen MR) is 112 cm³/mol. The van der Waals surface area contributed by atoms with Crippen molar-refractivity contribution in [3.05, 3.63) is 40.8 Å². The lowest BCUT2D eigenvalue weighted by Crippen LogP contribution is -2.55. The minimum atomic E-state index is 0.264. The molecule has 6 heterocycles. The Morgan fingerprint density at radius 1 is 1.21 bits per heavy atom. The van der Waals surface area contributed by atoms with Crippen LogP contribution in [0.5, 0.6) is 0 Å². The number of rotatable bonds is 4. The molecule has 3 aliphatic rings. The van der Waals surface area contributed by atoms with E-state index in [-0.39, 0.29) is 6.10 Å². The van der Waals surface area contributed by atoms with E-state index in [1.54, 1.807) is 10.7 Å². The second-order valence-electron chi connectivity index (χ2n) is 7.47. The van der Waals surface area contributed by atoms with Crippen LogP contribution in [0.15, 0.2) is 34.9 Å². The van der Waals surface area contributed by atoms with Gasteiger partial charge in [0, 0.05) is 6.54 Å². The third-order valence-corrected chi connectivity index (χ3v) is 6.17. The molecule has 148 valence electrons. The Morgan fingerprint density at radius 3 is 2.93 bits per heavy atom. The fourth-order valence-electron chi connectivity index (χ4n) is 4.13. The fraction of sp³-hybridized carbons (Fsp3) is 0.368. The van der Waals surface area contributed by atoms with Crippen molar-refractivity contribution in [3.8, 4) is 0 Å². The summed E-state index contributed by atoms with van der Waals surface area (Å²) in [6, 6.07) is 8.32. The molecule has 0 amide bonds. The number of anilines is 2. The van der Waals surface area contributed by atoms with Crippen LogP contribution >= 0.6 is 15.9 Å². The van der Waals surface area contributed by atoms with Gasteiger partial charge in [0.25, 0.3) is 0 Å². The number of fused-ring (bicyclic) bond motifs is 5. The second-order valence-corrected chi connectivity index (χ2v) is 8.32. The SMILES string of the molecule is Brc1cnn2c(NCc3nc4ccccc4[nH]3)nc(N3C[C@H]4CC[C@@H]3CO4)nc12. The average molecular weight is 455 g/mol. The number of aromatic amines is 1. The number of hydrogen-bond acceptors (Lipinski definition) is 7. The smallest absolute Gasteiger partial charge is 0.231 e. The van der Waals surface area contributed by atoms with Gasteiger partial charge >= 0.3 is 0 Å². The summed E-state index contributed by atoms with van der Waals surface area (Å²) in [5, 5.41) is 7.79. The minimum absolute atomic E-state index is 0.264. The zero-order valence-electron chi connectivity index (χ0n) is 15.5. The van der Waals surface area contributed by atoms with Gasteiger partial charge in [-0.05, 0) is 40.9 Å². The first-order valence-corrected chi connectivity index (χ1v) is 10.5. The van der Waals surface area contributed by atoms with Gasteiger partial charge in [0.05, 0.1) is 47.0 Å². The zero-order valence-corrected chi connectivity index (χ0v) is 17.1. The van der Waals surface area contributed by atoms with Crippen LogP contribution in [0, 0.1) is 0 Å². The van der Waals surface area contributed by atoms with Crippen molar-refractivity contribution in [2.75, 3.05) is 23.4 Å². The van der Waals surface area contributed by atoms with Gasteiger partial charge in [-0.3, -0.25) is 0 Å². The molecule has 0 radical (unpaired) electrons. The monoisotopic (exact) mass is 454 g/mol. The molecule has 0 spiro atoms. The molecule has 2 N–H and O–H groups in total. The van der Waals surface area contributed by atoms with Crippen LogP contribution in [0.25, 0.3) is 16.7 Å². The van der Waals surface area contributed by atoms with Gasteiger partial charge in [-0.25, -0.2) is 4.98 Å². The summed E-state index contributed by atoms with van der Waals surface area (Å²) in [6.45, 7) is 2.07. The molecule has 3 aromatic heterocycles. The molecule has 9 nitrogen and oxygen atoms in total. The zero-order chi connectivity index (χ0) is 19.4. The van der Waals surface area contributed by atoms with E-state index in [1.807, 2.05) is 24.3 Å². The van der Waals surface area contributed by atoms with Gasteiger partial charge in [0.15, 0.2) is 5.65 Å². The summed E-state index contributed by atoms with van der Waals surface area (Å²) in [7, 11) is 0. The van der Waals surface area contributed by atoms with Crippen LogP contribution in [-0.4, -0.2) is 54.8 Å².